The zero-order valence-electron chi connectivity index (χ0n) is 16.1. The molecule has 7 heteroatoms. The number of hydrogen-bond acceptors (Lipinski definition) is 4. The summed E-state index contributed by atoms with van der Waals surface area (Å²) in [5, 5.41) is 3.59. The van der Waals surface area contributed by atoms with Gasteiger partial charge in [0, 0.05) is 43.7 Å². The largest absolute Gasteiger partial charge is 0.398 e. The van der Waals surface area contributed by atoms with Gasteiger partial charge in [-0.1, -0.05) is 25.4 Å². The van der Waals surface area contributed by atoms with Crippen LogP contribution in [0.25, 0.3) is 11.1 Å². The normalized spacial score (nSPS) is 12.8. The summed E-state index contributed by atoms with van der Waals surface area (Å²) < 4.78 is 14.9. The molecule has 0 bridgehead atoms. The first kappa shape index (κ1) is 21.0. The van der Waals surface area contributed by atoms with Crippen LogP contribution < -0.4 is 11.1 Å². The second-order valence-corrected chi connectivity index (χ2v) is 6.87. The van der Waals surface area contributed by atoms with Crippen LogP contribution in [0.5, 0.6) is 0 Å². The third-order valence-electron chi connectivity index (χ3n) is 4.21. The maximum atomic E-state index is 14.9. The number of nitrogens with zero attached hydrogens (tertiary/aromatic N) is 2. The van der Waals surface area contributed by atoms with Gasteiger partial charge >= 0.3 is 0 Å². The predicted octanol–water partition coefficient (Wildman–Crippen LogP) is 4.67. The highest BCUT2D eigenvalue weighted by Crippen LogP contribution is 2.34. The van der Waals surface area contributed by atoms with Crippen LogP contribution in [-0.4, -0.2) is 36.4 Å². The number of pyridine rings is 1. The standard InChI is InChI=1S/C18H20ClFN4O.C2H6/c1-24(2)18(25)16-14(21)6-5-11(17(16)20)12-9-23-15(7-13(12)19)22-8-10-3-4-10;1-2/h5-7,9-10H,3-4,8,21H2,1-2H3,(H,22,23);1-2H3. The molecule has 3 N–H and O–H groups in total. The van der Waals surface area contributed by atoms with Crippen LogP contribution in [0.4, 0.5) is 15.9 Å². The van der Waals surface area contributed by atoms with E-state index in [0.29, 0.717) is 22.3 Å². The number of nitrogen functional groups attached to an aromatic ring is 1. The molecular formula is C20H26ClFN4O. The number of amides is 1. The minimum Gasteiger partial charge on any atom is -0.398 e. The Kier molecular flexibility index (Phi) is 7.02. The molecule has 0 saturated heterocycles. The van der Waals surface area contributed by atoms with Gasteiger partial charge in [0.15, 0.2) is 0 Å². The molecule has 1 fully saturated rings. The molecule has 1 aromatic carbocycles. The number of benzene rings is 1. The summed E-state index contributed by atoms with van der Waals surface area (Å²) >= 11 is 6.33. The van der Waals surface area contributed by atoms with Crippen molar-refractivity contribution in [2.75, 3.05) is 31.7 Å². The lowest BCUT2D eigenvalue weighted by Gasteiger charge is -2.16. The van der Waals surface area contributed by atoms with Crippen molar-refractivity contribution >= 4 is 29.0 Å². The fourth-order valence-electron chi connectivity index (χ4n) is 2.54. The molecule has 27 heavy (non-hydrogen) atoms. The average molecular weight is 393 g/mol. The van der Waals surface area contributed by atoms with E-state index in [1.165, 1.54) is 36.1 Å². The van der Waals surface area contributed by atoms with Crippen molar-refractivity contribution < 1.29 is 9.18 Å². The fraction of sp³-hybridized carbons (Fsp3) is 0.400. The topological polar surface area (TPSA) is 71.2 Å². The molecule has 1 amide bonds. The van der Waals surface area contributed by atoms with Crippen LogP contribution in [0.3, 0.4) is 0 Å². The second kappa shape index (κ2) is 9.04. The highest BCUT2D eigenvalue weighted by Gasteiger charge is 2.23. The van der Waals surface area contributed by atoms with Crippen LogP contribution in [-0.2, 0) is 0 Å². The third-order valence-corrected chi connectivity index (χ3v) is 4.52. The molecule has 1 aromatic heterocycles. The number of nitrogens with one attached hydrogen (secondary N) is 1. The van der Waals surface area contributed by atoms with Crippen molar-refractivity contribution in [1.82, 2.24) is 9.88 Å². The summed E-state index contributed by atoms with van der Waals surface area (Å²) in [4.78, 5) is 17.8. The number of carbonyl (C=O) groups excluding carboxylic acids is 1. The van der Waals surface area contributed by atoms with Gasteiger partial charge in [-0.2, -0.15) is 0 Å². The number of hydrogen-bond donors (Lipinski definition) is 2. The lowest BCUT2D eigenvalue weighted by molar-refractivity contribution is 0.0824. The zero-order valence-corrected chi connectivity index (χ0v) is 16.9. The molecule has 1 aliphatic carbocycles. The highest BCUT2D eigenvalue weighted by molar-refractivity contribution is 6.33. The molecular weight excluding hydrogens is 367 g/mol. The highest BCUT2D eigenvalue weighted by atomic mass is 35.5. The van der Waals surface area contributed by atoms with E-state index in [9.17, 15) is 9.18 Å². The summed E-state index contributed by atoms with van der Waals surface area (Å²) in [6.45, 7) is 4.86. The first-order valence-electron chi connectivity index (χ1n) is 9.08. The molecule has 0 atom stereocenters. The maximum Gasteiger partial charge on any atom is 0.258 e. The number of rotatable bonds is 5. The fourth-order valence-corrected chi connectivity index (χ4v) is 2.79. The molecule has 3 rings (SSSR count). The molecule has 1 aliphatic rings. The van der Waals surface area contributed by atoms with Gasteiger partial charge in [0.1, 0.15) is 11.6 Å². The SMILES string of the molecule is CC.CN(C)C(=O)c1c(N)ccc(-c2cnc(NCC3CC3)cc2Cl)c1F. The predicted molar refractivity (Wildman–Crippen MR) is 110 cm³/mol. The van der Waals surface area contributed by atoms with Crippen molar-refractivity contribution in [3.63, 3.8) is 0 Å². The summed E-state index contributed by atoms with van der Waals surface area (Å²) in [6.07, 6.45) is 3.98. The monoisotopic (exact) mass is 392 g/mol. The Balaban J connectivity index is 0.00000126. The van der Waals surface area contributed by atoms with E-state index in [0.717, 1.165) is 6.54 Å². The van der Waals surface area contributed by atoms with Gasteiger partial charge in [-0.05, 0) is 37.0 Å². The van der Waals surface area contributed by atoms with Gasteiger partial charge in [-0.15, -0.1) is 0 Å². The molecule has 1 heterocycles. The van der Waals surface area contributed by atoms with Gasteiger partial charge in [-0.25, -0.2) is 9.37 Å². The van der Waals surface area contributed by atoms with E-state index in [-0.39, 0.29) is 16.8 Å². The van der Waals surface area contributed by atoms with Crippen LogP contribution in [0.15, 0.2) is 24.4 Å². The van der Waals surface area contributed by atoms with Gasteiger partial charge in [0.25, 0.3) is 5.91 Å². The van der Waals surface area contributed by atoms with Crippen LogP contribution in [0.1, 0.15) is 37.0 Å². The van der Waals surface area contributed by atoms with E-state index in [1.807, 2.05) is 13.8 Å². The van der Waals surface area contributed by atoms with Crippen LogP contribution >= 0.6 is 11.6 Å². The average Bonchev–Trinajstić information content (AvgIpc) is 3.47. The van der Waals surface area contributed by atoms with Crippen LogP contribution in [0.2, 0.25) is 5.02 Å². The lowest BCUT2D eigenvalue weighted by Crippen LogP contribution is -2.24. The lowest BCUT2D eigenvalue weighted by atomic mass is 10.0. The molecule has 1 saturated carbocycles. The van der Waals surface area contributed by atoms with Gasteiger partial charge in [0.05, 0.1) is 10.6 Å². The van der Waals surface area contributed by atoms with E-state index >= 15 is 0 Å². The minimum atomic E-state index is -0.693. The molecule has 146 valence electrons. The van der Waals surface area contributed by atoms with Crippen molar-refractivity contribution in [2.24, 2.45) is 5.92 Å². The Bertz CT molecular complexity index is 822. The van der Waals surface area contributed by atoms with E-state index in [1.54, 1.807) is 20.2 Å². The Labute approximate surface area is 164 Å². The summed E-state index contributed by atoms with van der Waals surface area (Å²) in [5.41, 5.74) is 6.35. The molecule has 0 aliphatic heterocycles. The Morgan fingerprint density at radius 2 is 2.00 bits per heavy atom. The summed E-state index contributed by atoms with van der Waals surface area (Å²) in [7, 11) is 3.09. The van der Waals surface area contributed by atoms with Gasteiger partial charge in [0.2, 0.25) is 0 Å². The molecule has 5 nitrogen and oxygen atoms in total. The second-order valence-electron chi connectivity index (χ2n) is 6.46. The molecule has 0 unspecified atom stereocenters. The first-order chi connectivity index (χ1) is 12.9. The smallest absolute Gasteiger partial charge is 0.258 e. The Morgan fingerprint density at radius 3 is 2.56 bits per heavy atom. The number of nitrogens with two attached hydrogens (primary N) is 1. The Morgan fingerprint density at radius 1 is 1.33 bits per heavy atom. The molecule has 0 spiro atoms. The first-order valence-corrected chi connectivity index (χ1v) is 9.45. The maximum absolute atomic E-state index is 14.9. The van der Waals surface area contributed by atoms with Crippen molar-refractivity contribution in [3.8, 4) is 11.1 Å². The van der Waals surface area contributed by atoms with Gasteiger partial charge < -0.3 is 16.0 Å². The molecule has 0 radical (unpaired) electrons. The third kappa shape index (κ3) is 4.89. The van der Waals surface area contributed by atoms with Gasteiger partial charge in [-0.3, -0.25) is 4.79 Å². The number of anilines is 2. The number of halogens is 2. The van der Waals surface area contributed by atoms with E-state index < -0.39 is 11.7 Å². The summed E-state index contributed by atoms with van der Waals surface area (Å²) in [5.74, 6) is 0.167. The quantitative estimate of drug-likeness (QED) is 0.725. The number of carbonyl (C=O) groups is 1. The minimum absolute atomic E-state index is 0.0896. The number of aromatic nitrogens is 1. The van der Waals surface area contributed by atoms with Crippen molar-refractivity contribution in [2.45, 2.75) is 26.7 Å². The van der Waals surface area contributed by atoms with E-state index in [2.05, 4.69) is 10.3 Å². The Hall–Kier alpha value is -2.34. The van der Waals surface area contributed by atoms with Crippen molar-refractivity contribution in [3.05, 3.63) is 40.8 Å². The summed E-state index contributed by atoms with van der Waals surface area (Å²) in [6, 6.07) is 4.69. The van der Waals surface area contributed by atoms with E-state index in [4.69, 9.17) is 17.3 Å². The van der Waals surface area contributed by atoms with Crippen molar-refractivity contribution in [1.29, 1.82) is 0 Å². The molecule has 2 aromatic rings. The zero-order chi connectivity index (χ0) is 20.1. The van der Waals surface area contributed by atoms with Crippen LogP contribution in [0, 0.1) is 11.7 Å².